The molecule has 0 aliphatic carbocycles. The van der Waals surface area contributed by atoms with Crippen LogP contribution in [0, 0.1) is 13.8 Å². The van der Waals surface area contributed by atoms with Crippen molar-refractivity contribution in [2.24, 2.45) is 0 Å². The van der Waals surface area contributed by atoms with E-state index in [-0.39, 0.29) is 12.0 Å². The summed E-state index contributed by atoms with van der Waals surface area (Å²) in [4.78, 5) is 16.7. The van der Waals surface area contributed by atoms with Crippen molar-refractivity contribution in [2.75, 3.05) is 33.3 Å². The van der Waals surface area contributed by atoms with Gasteiger partial charge in [0.05, 0.1) is 7.11 Å². The molecule has 0 saturated heterocycles. The molecule has 1 rings (SSSR count). The summed E-state index contributed by atoms with van der Waals surface area (Å²) in [6.07, 6.45) is 0. The van der Waals surface area contributed by atoms with Crippen molar-refractivity contribution in [1.29, 1.82) is 0 Å². The van der Waals surface area contributed by atoms with Gasteiger partial charge in [0, 0.05) is 22.8 Å². The SMILES string of the molecule is CCN(CC)CCNC(C(=O)OC)c1cc(C)sc1C. The molecule has 1 aromatic heterocycles. The van der Waals surface area contributed by atoms with Crippen LogP contribution in [0.4, 0.5) is 0 Å². The van der Waals surface area contributed by atoms with Crippen molar-refractivity contribution in [1.82, 2.24) is 10.2 Å². The number of hydrogen-bond donors (Lipinski definition) is 1. The molecule has 0 radical (unpaired) electrons. The van der Waals surface area contributed by atoms with E-state index in [1.54, 1.807) is 11.3 Å². The highest BCUT2D eigenvalue weighted by Gasteiger charge is 2.23. The molecular weight excluding hydrogens is 272 g/mol. The number of rotatable bonds is 8. The Bertz CT molecular complexity index is 428. The number of aryl methyl sites for hydroxylation is 2. The van der Waals surface area contributed by atoms with Crippen molar-refractivity contribution < 1.29 is 9.53 Å². The van der Waals surface area contributed by atoms with Crippen molar-refractivity contribution >= 4 is 17.3 Å². The van der Waals surface area contributed by atoms with Gasteiger partial charge >= 0.3 is 5.97 Å². The van der Waals surface area contributed by atoms with Crippen LogP contribution in [-0.2, 0) is 9.53 Å². The van der Waals surface area contributed by atoms with E-state index in [0.29, 0.717) is 0 Å². The van der Waals surface area contributed by atoms with Crippen molar-refractivity contribution in [3.63, 3.8) is 0 Å². The third-order valence-corrected chi connectivity index (χ3v) is 4.48. The van der Waals surface area contributed by atoms with E-state index in [2.05, 4.69) is 44.0 Å². The molecule has 0 aliphatic heterocycles. The van der Waals surface area contributed by atoms with Gasteiger partial charge in [-0.05, 0) is 38.6 Å². The summed E-state index contributed by atoms with van der Waals surface area (Å²) >= 11 is 1.72. The molecule has 4 nitrogen and oxygen atoms in total. The van der Waals surface area contributed by atoms with Crippen molar-refractivity contribution in [2.45, 2.75) is 33.7 Å². The Morgan fingerprint density at radius 3 is 2.50 bits per heavy atom. The second-order valence-corrected chi connectivity index (χ2v) is 6.27. The maximum atomic E-state index is 12.0. The first-order valence-corrected chi connectivity index (χ1v) is 7.95. The third-order valence-electron chi connectivity index (χ3n) is 3.50. The minimum Gasteiger partial charge on any atom is -0.468 e. The number of carbonyl (C=O) groups excluding carboxylic acids is 1. The number of esters is 1. The molecule has 20 heavy (non-hydrogen) atoms. The smallest absolute Gasteiger partial charge is 0.327 e. The molecule has 0 aromatic carbocycles. The first-order chi connectivity index (χ1) is 9.53. The average molecular weight is 298 g/mol. The number of methoxy groups -OCH3 is 1. The van der Waals surface area contributed by atoms with E-state index in [4.69, 9.17) is 4.74 Å². The zero-order valence-corrected chi connectivity index (χ0v) is 14.0. The van der Waals surface area contributed by atoms with Crippen LogP contribution in [0.3, 0.4) is 0 Å². The van der Waals surface area contributed by atoms with E-state index in [1.807, 2.05) is 0 Å². The monoisotopic (exact) mass is 298 g/mol. The first-order valence-electron chi connectivity index (χ1n) is 7.13. The van der Waals surface area contributed by atoms with Crippen LogP contribution in [0.15, 0.2) is 6.07 Å². The molecule has 114 valence electrons. The number of nitrogens with one attached hydrogen (secondary N) is 1. The topological polar surface area (TPSA) is 41.6 Å². The van der Waals surface area contributed by atoms with Crippen LogP contribution in [-0.4, -0.2) is 44.2 Å². The van der Waals surface area contributed by atoms with Gasteiger partial charge in [-0.2, -0.15) is 0 Å². The van der Waals surface area contributed by atoms with Crippen molar-refractivity contribution in [3.8, 4) is 0 Å². The molecule has 5 heteroatoms. The lowest BCUT2D eigenvalue weighted by Crippen LogP contribution is -2.36. The Morgan fingerprint density at radius 2 is 2.05 bits per heavy atom. The first kappa shape index (κ1) is 17.1. The molecule has 0 saturated carbocycles. The zero-order chi connectivity index (χ0) is 15.1. The van der Waals surface area contributed by atoms with E-state index in [1.165, 1.54) is 16.9 Å². The fourth-order valence-corrected chi connectivity index (χ4v) is 3.25. The summed E-state index contributed by atoms with van der Waals surface area (Å²) in [5, 5.41) is 3.33. The third kappa shape index (κ3) is 4.58. The largest absolute Gasteiger partial charge is 0.468 e. The van der Waals surface area contributed by atoms with Gasteiger partial charge in [0.15, 0.2) is 0 Å². The normalized spacial score (nSPS) is 12.7. The fourth-order valence-electron chi connectivity index (χ4n) is 2.28. The summed E-state index contributed by atoms with van der Waals surface area (Å²) in [6, 6.07) is 1.71. The van der Waals surface area contributed by atoms with Crippen LogP contribution in [0.5, 0.6) is 0 Å². The summed E-state index contributed by atoms with van der Waals surface area (Å²) in [5.41, 5.74) is 1.04. The molecule has 0 fully saturated rings. The highest BCUT2D eigenvalue weighted by Crippen LogP contribution is 2.27. The molecule has 0 amide bonds. The molecule has 1 N–H and O–H groups in total. The lowest BCUT2D eigenvalue weighted by atomic mass is 10.1. The summed E-state index contributed by atoms with van der Waals surface area (Å²) in [6.45, 7) is 12.2. The molecule has 1 aromatic rings. The summed E-state index contributed by atoms with van der Waals surface area (Å²) < 4.78 is 4.93. The second kappa shape index (κ2) is 8.39. The standard InChI is InChI=1S/C15H26N2O2S/c1-6-17(7-2)9-8-16-14(15(18)19-5)13-10-11(3)20-12(13)4/h10,14,16H,6-9H2,1-5H3. The fraction of sp³-hybridized carbons (Fsp3) is 0.667. The number of carbonyl (C=O) groups is 1. The Hall–Kier alpha value is -0.910. The van der Waals surface area contributed by atoms with E-state index >= 15 is 0 Å². The van der Waals surface area contributed by atoms with Crippen LogP contribution in [0.1, 0.15) is 35.2 Å². The predicted octanol–water partition coefficient (Wildman–Crippen LogP) is 2.51. The van der Waals surface area contributed by atoms with Gasteiger partial charge in [-0.3, -0.25) is 5.32 Å². The predicted molar refractivity (Wildman–Crippen MR) is 84.3 cm³/mol. The molecule has 0 bridgehead atoms. The molecule has 0 spiro atoms. The molecule has 1 unspecified atom stereocenters. The number of hydrogen-bond acceptors (Lipinski definition) is 5. The van der Waals surface area contributed by atoms with Crippen LogP contribution in [0.25, 0.3) is 0 Å². The minimum absolute atomic E-state index is 0.217. The van der Waals surface area contributed by atoms with Gasteiger partial charge in [0.25, 0.3) is 0 Å². The molecule has 1 atom stereocenters. The number of thiophene rings is 1. The van der Waals surface area contributed by atoms with Gasteiger partial charge in [0.1, 0.15) is 6.04 Å². The van der Waals surface area contributed by atoms with Gasteiger partial charge < -0.3 is 9.64 Å². The summed E-state index contributed by atoms with van der Waals surface area (Å²) in [7, 11) is 1.44. The second-order valence-electron chi connectivity index (χ2n) is 4.81. The number of nitrogens with zero attached hydrogens (tertiary/aromatic N) is 1. The number of ether oxygens (including phenoxy) is 1. The molecular formula is C15H26N2O2S. The summed E-state index contributed by atoms with van der Waals surface area (Å²) in [5.74, 6) is -0.217. The highest BCUT2D eigenvalue weighted by molar-refractivity contribution is 7.12. The average Bonchev–Trinajstić information content (AvgIpc) is 2.77. The lowest BCUT2D eigenvalue weighted by Gasteiger charge is -2.21. The Morgan fingerprint density at radius 1 is 1.40 bits per heavy atom. The maximum Gasteiger partial charge on any atom is 0.327 e. The van der Waals surface area contributed by atoms with Gasteiger partial charge in [0.2, 0.25) is 0 Å². The van der Waals surface area contributed by atoms with Crippen LogP contribution in [0.2, 0.25) is 0 Å². The van der Waals surface area contributed by atoms with Crippen LogP contribution >= 0.6 is 11.3 Å². The molecule has 0 aliphatic rings. The van der Waals surface area contributed by atoms with E-state index < -0.39 is 0 Å². The Kier molecular flexibility index (Phi) is 7.19. The van der Waals surface area contributed by atoms with E-state index in [9.17, 15) is 4.79 Å². The van der Waals surface area contributed by atoms with Gasteiger partial charge in [-0.25, -0.2) is 4.79 Å². The van der Waals surface area contributed by atoms with Gasteiger partial charge in [-0.1, -0.05) is 13.8 Å². The maximum absolute atomic E-state index is 12.0. The van der Waals surface area contributed by atoms with E-state index in [0.717, 1.165) is 31.7 Å². The quantitative estimate of drug-likeness (QED) is 0.749. The number of likely N-dealkylation sites (N-methyl/N-ethyl adjacent to an activating group) is 1. The highest BCUT2D eigenvalue weighted by atomic mass is 32.1. The Balaban J connectivity index is 2.71. The van der Waals surface area contributed by atoms with Crippen molar-refractivity contribution in [3.05, 3.63) is 21.4 Å². The van der Waals surface area contributed by atoms with Gasteiger partial charge in [-0.15, -0.1) is 11.3 Å². The molecule has 1 heterocycles. The Labute approximate surface area is 126 Å². The zero-order valence-electron chi connectivity index (χ0n) is 13.2. The minimum atomic E-state index is -0.361. The van der Waals surface area contributed by atoms with Crippen LogP contribution < -0.4 is 5.32 Å². The lowest BCUT2D eigenvalue weighted by molar-refractivity contribution is -0.143.